The summed E-state index contributed by atoms with van der Waals surface area (Å²) in [6.07, 6.45) is 5.96. The maximum Gasteiger partial charge on any atom is 0.261 e. The van der Waals surface area contributed by atoms with Crippen molar-refractivity contribution >= 4 is 22.6 Å². The maximum atomic E-state index is 12.8. The zero-order valence-electron chi connectivity index (χ0n) is 16.8. The molecule has 5 rings (SSSR count). The van der Waals surface area contributed by atoms with Gasteiger partial charge in [0.25, 0.3) is 5.56 Å². The second kappa shape index (κ2) is 7.85. The Labute approximate surface area is 174 Å². The van der Waals surface area contributed by atoms with Gasteiger partial charge in [-0.15, -0.1) is 5.10 Å². The van der Waals surface area contributed by atoms with Crippen molar-refractivity contribution in [2.45, 2.75) is 32.2 Å². The highest BCUT2D eigenvalue weighted by Gasteiger charge is 2.24. The van der Waals surface area contributed by atoms with Crippen LogP contribution in [0.15, 0.2) is 41.5 Å². The van der Waals surface area contributed by atoms with Crippen molar-refractivity contribution in [1.29, 1.82) is 0 Å². The molecule has 8 nitrogen and oxygen atoms in total. The highest BCUT2D eigenvalue weighted by molar-refractivity contribution is 5.79. The molecule has 2 aliphatic rings. The number of anilines is 1. The summed E-state index contributed by atoms with van der Waals surface area (Å²) in [6, 6.07) is 9.35. The van der Waals surface area contributed by atoms with Gasteiger partial charge in [0.1, 0.15) is 6.54 Å². The van der Waals surface area contributed by atoms with Gasteiger partial charge in [0.2, 0.25) is 5.91 Å². The van der Waals surface area contributed by atoms with Crippen molar-refractivity contribution in [1.82, 2.24) is 24.6 Å². The molecule has 2 aromatic heterocycles. The largest absolute Gasteiger partial charge is 0.352 e. The minimum absolute atomic E-state index is 0.00924. The van der Waals surface area contributed by atoms with E-state index >= 15 is 0 Å². The lowest BCUT2D eigenvalue weighted by molar-refractivity contribution is -0.132. The number of carbonyl (C=O) groups is 1. The Morgan fingerprint density at radius 1 is 1.00 bits per heavy atom. The van der Waals surface area contributed by atoms with Crippen LogP contribution in [0.3, 0.4) is 0 Å². The molecule has 1 fully saturated rings. The molecule has 1 aliphatic heterocycles. The van der Waals surface area contributed by atoms with Gasteiger partial charge in [0, 0.05) is 26.2 Å². The molecule has 3 aromatic rings. The number of nitrogens with zero attached hydrogens (tertiary/aromatic N) is 6. The van der Waals surface area contributed by atoms with Crippen LogP contribution in [0.1, 0.15) is 24.1 Å². The van der Waals surface area contributed by atoms with Crippen LogP contribution < -0.4 is 10.5 Å². The number of aromatic nitrogens is 4. The van der Waals surface area contributed by atoms with E-state index in [1.165, 1.54) is 29.3 Å². The number of benzene rings is 1. The van der Waals surface area contributed by atoms with E-state index < -0.39 is 0 Å². The molecule has 1 saturated heterocycles. The van der Waals surface area contributed by atoms with Crippen molar-refractivity contribution in [3.05, 3.63) is 58.3 Å². The van der Waals surface area contributed by atoms with Crippen LogP contribution in [-0.2, 0) is 24.2 Å². The minimum Gasteiger partial charge on any atom is -0.352 e. The summed E-state index contributed by atoms with van der Waals surface area (Å²) >= 11 is 0. The van der Waals surface area contributed by atoms with Crippen molar-refractivity contribution in [2.24, 2.45) is 0 Å². The zero-order valence-corrected chi connectivity index (χ0v) is 16.8. The van der Waals surface area contributed by atoms with Crippen LogP contribution >= 0.6 is 0 Å². The fourth-order valence-electron chi connectivity index (χ4n) is 4.28. The van der Waals surface area contributed by atoms with E-state index in [2.05, 4.69) is 26.1 Å². The second-order valence-corrected chi connectivity index (χ2v) is 7.94. The van der Waals surface area contributed by atoms with E-state index in [1.807, 2.05) is 11.0 Å². The van der Waals surface area contributed by atoms with E-state index in [1.54, 1.807) is 18.2 Å². The number of rotatable bonds is 3. The van der Waals surface area contributed by atoms with Gasteiger partial charge in [0.15, 0.2) is 5.82 Å². The van der Waals surface area contributed by atoms with Gasteiger partial charge in [0.05, 0.1) is 22.9 Å². The lowest BCUT2D eigenvalue weighted by Gasteiger charge is -2.35. The van der Waals surface area contributed by atoms with Crippen LogP contribution in [0.2, 0.25) is 0 Å². The Bertz CT molecular complexity index is 1150. The standard InChI is InChI=1S/C22H24N6O2/c29-21(14-28-15-23-19-8-4-2-6-17(19)22(28)30)27-11-9-26(10-12-27)20-13-16-5-1-3-7-18(16)24-25-20/h2,4,6,8,13,15H,1,3,5,7,9-12,14H2. The first kappa shape index (κ1) is 18.7. The molecule has 0 N–H and O–H groups in total. The number of fused-ring (bicyclic) bond motifs is 2. The summed E-state index contributed by atoms with van der Waals surface area (Å²) in [4.78, 5) is 33.7. The zero-order chi connectivity index (χ0) is 20.5. The summed E-state index contributed by atoms with van der Waals surface area (Å²) < 4.78 is 1.39. The topological polar surface area (TPSA) is 84.2 Å². The minimum atomic E-state index is -0.183. The number of aryl methyl sites for hydroxylation is 2. The molecule has 0 spiro atoms. The molecule has 30 heavy (non-hydrogen) atoms. The molecule has 154 valence electrons. The molecule has 1 aromatic carbocycles. The van der Waals surface area contributed by atoms with Crippen LogP contribution in [0.5, 0.6) is 0 Å². The summed E-state index contributed by atoms with van der Waals surface area (Å²) in [6.45, 7) is 2.64. The molecule has 0 atom stereocenters. The van der Waals surface area contributed by atoms with Gasteiger partial charge in [-0.2, -0.15) is 5.10 Å². The van der Waals surface area contributed by atoms with Gasteiger partial charge in [-0.25, -0.2) is 4.98 Å². The Morgan fingerprint density at radius 3 is 2.67 bits per heavy atom. The van der Waals surface area contributed by atoms with Gasteiger partial charge in [-0.1, -0.05) is 12.1 Å². The molecule has 0 unspecified atom stereocenters. The molecule has 0 bridgehead atoms. The first-order valence-corrected chi connectivity index (χ1v) is 10.5. The summed E-state index contributed by atoms with van der Waals surface area (Å²) in [5.74, 6) is 0.836. The maximum absolute atomic E-state index is 12.8. The van der Waals surface area contributed by atoms with Crippen molar-refractivity contribution in [2.75, 3.05) is 31.1 Å². The monoisotopic (exact) mass is 404 g/mol. The lowest BCUT2D eigenvalue weighted by atomic mass is 9.97. The molecule has 8 heteroatoms. The van der Waals surface area contributed by atoms with E-state index in [-0.39, 0.29) is 18.0 Å². The number of piperazine rings is 1. The van der Waals surface area contributed by atoms with Crippen molar-refractivity contribution < 1.29 is 4.79 Å². The molecule has 0 saturated carbocycles. The van der Waals surface area contributed by atoms with Crippen molar-refractivity contribution in [3.8, 4) is 0 Å². The van der Waals surface area contributed by atoms with Crippen LogP contribution in [0.25, 0.3) is 10.9 Å². The Kier molecular flexibility index (Phi) is 4.90. The van der Waals surface area contributed by atoms with Gasteiger partial charge in [-0.05, 0) is 49.4 Å². The summed E-state index contributed by atoms with van der Waals surface area (Å²) in [7, 11) is 0. The van der Waals surface area contributed by atoms with Crippen LogP contribution in [0.4, 0.5) is 5.82 Å². The number of hydrogen-bond acceptors (Lipinski definition) is 6. The SMILES string of the molecule is O=C(Cn1cnc2ccccc2c1=O)N1CCN(c2cc3c(nn2)CCCC3)CC1. The van der Waals surface area contributed by atoms with Gasteiger partial charge < -0.3 is 9.80 Å². The molecule has 1 aliphatic carbocycles. The average Bonchev–Trinajstić information content (AvgIpc) is 2.81. The summed E-state index contributed by atoms with van der Waals surface area (Å²) in [5, 5.41) is 9.37. The molecule has 1 amide bonds. The number of amides is 1. The first-order chi connectivity index (χ1) is 14.7. The third kappa shape index (κ3) is 3.53. The number of carbonyl (C=O) groups excluding carboxylic acids is 1. The van der Waals surface area contributed by atoms with Crippen molar-refractivity contribution in [3.63, 3.8) is 0 Å². The molecule has 0 radical (unpaired) electrons. The fourth-order valence-corrected chi connectivity index (χ4v) is 4.28. The normalized spacial score (nSPS) is 16.5. The van der Waals surface area contributed by atoms with E-state index in [0.717, 1.165) is 24.4 Å². The van der Waals surface area contributed by atoms with Crippen LogP contribution in [0, 0.1) is 0 Å². The van der Waals surface area contributed by atoms with E-state index in [0.29, 0.717) is 37.1 Å². The Morgan fingerprint density at radius 2 is 1.80 bits per heavy atom. The summed E-state index contributed by atoms with van der Waals surface area (Å²) in [5.41, 5.74) is 2.91. The number of hydrogen-bond donors (Lipinski definition) is 0. The Balaban J connectivity index is 1.24. The lowest BCUT2D eigenvalue weighted by Crippen LogP contribution is -2.50. The predicted molar refractivity (Wildman–Crippen MR) is 113 cm³/mol. The highest BCUT2D eigenvalue weighted by atomic mass is 16.2. The molecular formula is C22H24N6O2. The Hall–Kier alpha value is -3.29. The average molecular weight is 404 g/mol. The fraction of sp³-hybridized carbons (Fsp3) is 0.409. The van der Waals surface area contributed by atoms with E-state index in [4.69, 9.17) is 0 Å². The molecule has 3 heterocycles. The predicted octanol–water partition coefficient (Wildman–Crippen LogP) is 1.41. The third-order valence-electron chi connectivity index (χ3n) is 6.05. The second-order valence-electron chi connectivity index (χ2n) is 7.94. The quantitative estimate of drug-likeness (QED) is 0.656. The molecular weight excluding hydrogens is 380 g/mol. The third-order valence-corrected chi connectivity index (χ3v) is 6.05. The van der Waals surface area contributed by atoms with Crippen LogP contribution in [-0.4, -0.2) is 56.7 Å². The van der Waals surface area contributed by atoms with Gasteiger partial charge in [-0.3, -0.25) is 14.2 Å². The van der Waals surface area contributed by atoms with E-state index in [9.17, 15) is 9.59 Å². The smallest absolute Gasteiger partial charge is 0.261 e. The number of para-hydroxylation sites is 1. The first-order valence-electron chi connectivity index (χ1n) is 10.5. The highest BCUT2D eigenvalue weighted by Crippen LogP contribution is 2.23. The van der Waals surface area contributed by atoms with Gasteiger partial charge >= 0.3 is 0 Å².